The van der Waals surface area contributed by atoms with Gasteiger partial charge in [-0.2, -0.15) is 4.31 Å². The van der Waals surface area contributed by atoms with Gasteiger partial charge >= 0.3 is 0 Å². The Morgan fingerprint density at radius 3 is 2.25 bits per heavy atom. The largest absolute Gasteiger partial charge is 0.316 e. The fraction of sp³-hybridized carbons (Fsp3) is 0.304. The van der Waals surface area contributed by atoms with Crippen molar-refractivity contribution in [3.05, 3.63) is 76.2 Å². The molecule has 1 aliphatic heterocycles. The molecule has 0 bridgehead atoms. The van der Waals surface area contributed by atoms with Crippen LogP contribution in [0, 0.1) is 6.92 Å². The van der Waals surface area contributed by atoms with Gasteiger partial charge in [0.05, 0.1) is 21.8 Å². The van der Waals surface area contributed by atoms with Gasteiger partial charge in [-0.1, -0.05) is 36.8 Å². The summed E-state index contributed by atoms with van der Waals surface area (Å²) < 4.78 is 31.0. The Hall–Kier alpha value is -3.17. The van der Waals surface area contributed by atoms with Crippen LogP contribution in [0.1, 0.15) is 35.3 Å². The fourth-order valence-corrected chi connectivity index (χ4v) is 5.72. The SMILES string of the molecule is Cc1c(NC(=O)c2ccccc2S(=O)(=O)N2CCCCC2)c(=O)n(-c2ccccc2)n1C. The summed E-state index contributed by atoms with van der Waals surface area (Å²) in [5.41, 5.74) is 0.972. The van der Waals surface area contributed by atoms with Crippen molar-refractivity contribution >= 4 is 21.6 Å². The molecule has 1 aliphatic rings. The van der Waals surface area contributed by atoms with Crippen LogP contribution in [-0.2, 0) is 17.1 Å². The quantitative estimate of drug-likeness (QED) is 0.642. The van der Waals surface area contributed by atoms with Crippen LogP contribution in [-0.4, -0.2) is 41.1 Å². The van der Waals surface area contributed by atoms with Crippen LogP contribution < -0.4 is 10.9 Å². The molecule has 0 radical (unpaired) electrons. The molecule has 32 heavy (non-hydrogen) atoms. The first-order valence-corrected chi connectivity index (χ1v) is 12.0. The molecular weight excluding hydrogens is 428 g/mol. The van der Waals surface area contributed by atoms with Crippen LogP contribution in [0.5, 0.6) is 0 Å². The number of piperidine rings is 1. The summed E-state index contributed by atoms with van der Waals surface area (Å²) in [6.45, 7) is 2.61. The van der Waals surface area contributed by atoms with Gasteiger partial charge in [-0.05, 0) is 44.0 Å². The van der Waals surface area contributed by atoms with Crippen LogP contribution in [0.3, 0.4) is 0 Å². The first-order valence-electron chi connectivity index (χ1n) is 10.6. The van der Waals surface area contributed by atoms with Gasteiger partial charge in [0.25, 0.3) is 11.5 Å². The van der Waals surface area contributed by atoms with Crippen molar-refractivity contribution in [2.24, 2.45) is 7.05 Å². The number of para-hydroxylation sites is 1. The minimum Gasteiger partial charge on any atom is -0.316 e. The minimum absolute atomic E-state index is 0.0204. The number of carbonyl (C=O) groups excluding carboxylic acids is 1. The number of aromatic nitrogens is 2. The van der Waals surface area contributed by atoms with Gasteiger partial charge in [-0.25, -0.2) is 13.1 Å². The van der Waals surface area contributed by atoms with E-state index in [2.05, 4.69) is 5.32 Å². The molecule has 1 amide bonds. The number of rotatable bonds is 5. The van der Waals surface area contributed by atoms with Crippen LogP contribution >= 0.6 is 0 Å². The molecule has 0 saturated carbocycles. The van der Waals surface area contributed by atoms with Crippen molar-refractivity contribution in [1.82, 2.24) is 13.7 Å². The van der Waals surface area contributed by atoms with Crippen molar-refractivity contribution in [2.75, 3.05) is 18.4 Å². The van der Waals surface area contributed by atoms with Crippen LogP contribution in [0.25, 0.3) is 5.69 Å². The summed E-state index contributed by atoms with van der Waals surface area (Å²) in [5.74, 6) is -0.632. The topological polar surface area (TPSA) is 93.4 Å². The van der Waals surface area contributed by atoms with Gasteiger partial charge in [0.15, 0.2) is 0 Å². The van der Waals surface area contributed by atoms with Crippen molar-refractivity contribution < 1.29 is 13.2 Å². The third-order valence-electron chi connectivity index (χ3n) is 5.86. The number of nitrogens with one attached hydrogen (secondary N) is 1. The minimum atomic E-state index is -3.81. The van der Waals surface area contributed by atoms with Gasteiger partial charge < -0.3 is 5.32 Å². The lowest BCUT2D eigenvalue weighted by atomic mass is 10.2. The van der Waals surface area contributed by atoms with Gasteiger partial charge in [0.1, 0.15) is 5.69 Å². The highest BCUT2D eigenvalue weighted by atomic mass is 32.2. The van der Waals surface area contributed by atoms with E-state index < -0.39 is 15.9 Å². The van der Waals surface area contributed by atoms with Gasteiger partial charge in [0.2, 0.25) is 10.0 Å². The average molecular weight is 455 g/mol. The van der Waals surface area contributed by atoms with Gasteiger partial charge in [0, 0.05) is 20.1 Å². The van der Waals surface area contributed by atoms with E-state index in [-0.39, 0.29) is 21.7 Å². The second kappa shape index (κ2) is 8.76. The lowest BCUT2D eigenvalue weighted by Crippen LogP contribution is -2.36. The van der Waals surface area contributed by atoms with E-state index in [0.717, 1.165) is 19.3 Å². The Morgan fingerprint density at radius 2 is 1.56 bits per heavy atom. The molecule has 2 aromatic carbocycles. The normalized spacial score (nSPS) is 14.9. The summed E-state index contributed by atoms with van der Waals surface area (Å²) >= 11 is 0. The third kappa shape index (κ3) is 3.89. The molecule has 9 heteroatoms. The Morgan fingerprint density at radius 1 is 0.938 bits per heavy atom. The van der Waals surface area contributed by atoms with Crippen LogP contribution in [0.15, 0.2) is 64.3 Å². The molecule has 0 unspecified atom stereocenters. The first kappa shape index (κ1) is 22.0. The number of sulfonamides is 1. The Bertz CT molecular complexity index is 1300. The monoisotopic (exact) mass is 454 g/mol. The van der Waals surface area contributed by atoms with E-state index >= 15 is 0 Å². The van der Waals surface area contributed by atoms with E-state index in [1.807, 2.05) is 18.2 Å². The van der Waals surface area contributed by atoms with E-state index in [0.29, 0.717) is 24.5 Å². The molecule has 8 nitrogen and oxygen atoms in total. The zero-order chi connectivity index (χ0) is 22.9. The summed E-state index contributed by atoms with van der Waals surface area (Å²) in [5, 5.41) is 2.67. The summed E-state index contributed by atoms with van der Waals surface area (Å²) in [7, 11) is -2.08. The smallest absolute Gasteiger partial charge is 0.295 e. The predicted octanol–water partition coefficient (Wildman–Crippen LogP) is 2.91. The summed E-state index contributed by atoms with van der Waals surface area (Å²) in [4.78, 5) is 26.2. The Balaban J connectivity index is 1.70. The van der Waals surface area contributed by atoms with E-state index in [4.69, 9.17) is 0 Å². The highest BCUT2D eigenvalue weighted by Gasteiger charge is 2.30. The Kier molecular flexibility index (Phi) is 6.03. The van der Waals surface area contributed by atoms with Crippen molar-refractivity contribution in [3.8, 4) is 5.69 Å². The second-order valence-corrected chi connectivity index (χ2v) is 9.76. The van der Waals surface area contributed by atoms with E-state index in [1.165, 1.54) is 21.1 Å². The predicted molar refractivity (Wildman–Crippen MR) is 123 cm³/mol. The third-order valence-corrected chi connectivity index (χ3v) is 7.81. The van der Waals surface area contributed by atoms with Gasteiger partial charge in [-0.15, -0.1) is 0 Å². The number of hydrogen-bond donors (Lipinski definition) is 1. The maximum absolute atomic E-state index is 13.2. The lowest BCUT2D eigenvalue weighted by Gasteiger charge is -2.26. The molecule has 4 rings (SSSR count). The number of nitrogens with zero attached hydrogens (tertiary/aromatic N) is 3. The second-order valence-electron chi connectivity index (χ2n) is 7.85. The molecule has 0 spiro atoms. The van der Waals surface area contributed by atoms with Crippen molar-refractivity contribution in [1.29, 1.82) is 0 Å². The fourth-order valence-electron chi connectivity index (χ4n) is 4.02. The van der Waals surface area contributed by atoms with Crippen molar-refractivity contribution in [2.45, 2.75) is 31.1 Å². The number of amides is 1. The Labute approximate surface area is 187 Å². The summed E-state index contributed by atoms with van der Waals surface area (Å²) in [6.07, 6.45) is 2.60. The molecule has 1 fully saturated rings. The molecule has 1 aromatic heterocycles. The average Bonchev–Trinajstić information content (AvgIpc) is 3.03. The molecule has 2 heterocycles. The van der Waals surface area contributed by atoms with E-state index in [1.54, 1.807) is 42.9 Å². The number of carbonyl (C=O) groups is 1. The van der Waals surface area contributed by atoms with Gasteiger partial charge in [-0.3, -0.25) is 14.3 Å². The maximum atomic E-state index is 13.2. The maximum Gasteiger partial charge on any atom is 0.295 e. The van der Waals surface area contributed by atoms with Crippen molar-refractivity contribution in [3.63, 3.8) is 0 Å². The van der Waals surface area contributed by atoms with Crippen LogP contribution in [0.2, 0.25) is 0 Å². The number of anilines is 1. The number of benzene rings is 2. The highest BCUT2D eigenvalue weighted by molar-refractivity contribution is 7.89. The molecular formula is C23H26N4O4S. The highest BCUT2D eigenvalue weighted by Crippen LogP contribution is 2.24. The molecule has 0 atom stereocenters. The lowest BCUT2D eigenvalue weighted by molar-refractivity contribution is 0.102. The molecule has 1 N–H and O–H groups in total. The molecule has 1 saturated heterocycles. The summed E-state index contributed by atoms with van der Waals surface area (Å²) in [6, 6.07) is 15.2. The van der Waals surface area contributed by atoms with Crippen LogP contribution in [0.4, 0.5) is 5.69 Å². The zero-order valence-electron chi connectivity index (χ0n) is 18.1. The van der Waals surface area contributed by atoms with E-state index in [9.17, 15) is 18.0 Å². The molecule has 3 aromatic rings. The molecule has 0 aliphatic carbocycles. The number of hydrogen-bond acceptors (Lipinski definition) is 4. The zero-order valence-corrected chi connectivity index (χ0v) is 18.9. The molecule has 168 valence electrons. The standard InChI is InChI=1S/C23H26N4O4S/c1-17-21(23(29)27(25(17)2)18-11-5-3-6-12-18)24-22(28)19-13-7-8-14-20(19)32(30,31)26-15-9-4-10-16-26/h3,5-8,11-14H,4,9-10,15-16H2,1-2H3,(H,24,28). The first-order chi connectivity index (χ1) is 15.3.